The monoisotopic (exact) mass is 493 g/mol. The number of amides is 2. The van der Waals surface area contributed by atoms with Gasteiger partial charge in [-0.15, -0.1) is 11.3 Å². The summed E-state index contributed by atoms with van der Waals surface area (Å²) in [6.45, 7) is 1.97. The molecule has 2 N–H and O–H groups in total. The Bertz CT molecular complexity index is 1180. The standard InChI is InChI=1S/C21H24ClN5O3S2/c1-32(29,30)27-12-9-16(25-27)13-26-11-10-18(17(14-26)19-7-8-20(22)31-19)24-21(28)23-15-5-3-2-4-6-15/h2-9,12,17-18H,10-11,13-14H2,1H3,(H2,23,24,28)/t17-,18-/m1/s1. The first kappa shape index (κ1) is 22.8. The van der Waals surface area contributed by atoms with Crippen LogP contribution < -0.4 is 10.6 Å². The van der Waals surface area contributed by atoms with Gasteiger partial charge in [0.05, 0.1) is 16.3 Å². The summed E-state index contributed by atoms with van der Waals surface area (Å²) in [5, 5.41) is 10.2. The van der Waals surface area contributed by atoms with Crippen LogP contribution in [0, 0.1) is 0 Å². The first-order chi connectivity index (χ1) is 15.3. The molecular weight excluding hydrogens is 470 g/mol. The van der Waals surface area contributed by atoms with E-state index in [1.54, 1.807) is 6.07 Å². The molecule has 1 aliphatic rings. The lowest BCUT2D eigenvalue weighted by molar-refractivity contribution is 0.168. The molecule has 0 radical (unpaired) electrons. The smallest absolute Gasteiger partial charge is 0.319 e. The number of nitrogens with one attached hydrogen (secondary N) is 2. The second-order valence-electron chi connectivity index (χ2n) is 7.79. The lowest BCUT2D eigenvalue weighted by Crippen LogP contribution is -2.50. The molecule has 0 aliphatic carbocycles. The molecule has 1 aliphatic heterocycles. The zero-order valence-corrected chi connectivity index (χ0v) is 19.8. The van der Waals surface area contributed by atoms with Crippen LogP contribution in [0.5, 0.6) is 0 Å². The van der Waals surface area contributed by atoms with Crippen molar-refractivity contribution in [2.75, 3.05) is 24.7 Å². The number of carbonyl (C=O) groups is 1. The van der Waals surface area contributed by atoms with Crippen molar-refractivity contribution in [2.45, 2.75) is 24.9 Å². The predicted molar refractivity (Wildman–Crippen MR) is 127 cm³/mol. The van der Waals surface area contributed by atoms with Gasteiger partial charge >= 0.3 is 6.03 Å². The molecule has 0 bridgehead atoms. The summed E-state index contributed by atoms with van der Waals surface area (Å²) in [6, 6.07) is 14.6. The van der Waals surface area contributed by atoms with Crippen molar-refractivity contribution >= 4 is 44.7 Å². The molecule has 1 fully saturated rings. The highest BCUT2D eigenvalue weighted by Crippen LogP contribution is 2.34. The van der Waals surface area contributed by atoms with E-state index in [1.165, 1.54) is 17.5 Å². The fraction of sp³-hybridized carbons (Fsp3) is 0.333. The normalized spacial score (nSPS) is 19.6. The van der Waals surface area contributed by atoms with Crippen LogP contribution in [0.25, 0.3) is 0 Å². The molecule has 1 saturated heterocycles. The van der Waals surface area contributed by atoms with E-state index in [-0.39, 0.29) is 18.0 Å². The van der Waals surface area contributed by atoms with Crippen LogP contribution in [0.15, 0.2) is 54.7 Å². The number of urea groups is 1. The number of hydrogen-bond acceptors (Lipinski definition) is 6. The van der Waals surface area contributed by atoms with Crippen LogP contribution in [0.3, 0.4) is 0 Å². The SMILES string of the molecule is CS(=O)(=O)n1ccc(CN2CC[C@@H](NC(=O)Nc3ccccc3)[C@H](c3ccc(Cl)s3)C2)n1. The van der Waals surface area contributed by atoms with Gasteiger partial charge in [0.25, 0.3) is 10.0 Å². The first-order valence-electron chi connectivity index (χ1n) is 10.1. The molecule has 11 heteroatoms. The first-order valence-corrected chi connectivity index (χ1v) is 13.2. The molecule has 0 unspecified atom stereocenters. The minimum atomic E-state index is -3.40. The van der Waals surface area contributed by atoms with Gasteiger partial charge in [0.1, 0.15) is 0 Å². The molecule has 0 saturated carbocycles. The molecule has 2 aromatic heterocycles. The number of aromatic nitrogens is 2. The van der Waals surface area contributed by atoms with E-state index in [0.29, 0.717) is 23.1 Å². The third-order valence-electron chi connectivity index (χ3n) is 5.35. The highest BCUT2D eigenvalue weighted by Gasteiger charge is 2.33. The predicted octanol–water partition coefficient (Wildman–Crippen LogP) is 3.59. The molecule has 8 nitrogen and oxygen atoms in total. The van der Waals surface area contributed by atoms with Crippen LogP contribution >= 0.6 is 22.9 Å². The van der Waals surface area contributed by atoms with Crippen molar-refractivity contribution < 1.29 is 13.2 Å². The molecule has 170 valence electrons. The molecule has 1 aromatic carbocycles. The fourth-order valence-electron chi connectivity index (χ4n) is 3.85. The Hall–Kier alpha value is -2.40. The molecular formula is C21H24ClN5O3S2. The van der Waals surface area contributed by atoms with Gasteiger partial charge in [0.15, 0.2) is 0 Å². The van der Waals surface area contributed by atoms with E-state index < -0.39 is 10.0 Å². The third kappa shape index (κ3) is 5.69. The second kappa shape index (κ2) is 9.62. The largest absolute Gasteiger partial charge is 0.334 e. The van der Waals surface area contributed by atoms with E-state index in [4.69, 9.17) is 11.6 Å². The van der Waals surface area contributed by atoms with Gasteiger partial charge in [-0.3, -0.25) is 4.90 Å². The molecule has 4 rings (SSSR count). The number of hydrogen-bond donors (Lipinski definition) is 2. The summed E-state index contributed by atoms with van der Waals surface area (Å²) in [6.07, 6.45) is 3.33. The van der Waals surface area contributed by atoms with Crippen molar-refractivity contribution in [3.63, 3.8) is 0 Å². The molecule has 0 spiro atoms. The van der Waals surface area contributed by atoms with E-state index in [2.05, 4.69) is 20.6 Å². The fourth-order valence-corrected chi connectivity index (χ4v) is 5.60. The number of anilines is 1. The van der Waals surface area contributed by atoms with Crippen molar-refractivity contribution in [1.82, 2.24) is 19.4 Å². The van der Waals surface area contributed by atoms with E-state index in [0.717, 1.165) is 33.9 Å². The number of piperidine rings is 1. The van der Waals surface area contributed by atoms with Gasteiger partial charge in [-0.05, 0) is 36.8 Å². The quantitative estimate of drug-likeness (QED) is 0.547. The minimum Gasteiger partial charge on any atom is -0.334 e. The number of benzene rings is 1. The Morgan fingerprint density at radius 1 is 1.22 bits per heavy atom. The maximum absolute atomic E-state index is 12.6. The average molecular weight is 494 g/mol. The van der Waals surface area contributed by atoms with E-state index in [9.17, 15) is 13.2 Å². The maximum Gasteiger partial charge on any atom is 0.319 e. The number of nitrogens with zero attached hydrogens (tertiary/aromatic N) is 3. The summed E-state index contributed by atoms with van der Waals surface area (Å²) in [5.41, 5.74) is 1.42. The van der Waals surface area contributed by atoms with Crippen molar-refractivity contribution in [3.8, 4) is 0 Å². The van der Waals surface area contributed by atoms with Gasteiger partial charge in [-0.1, -0.05) is 29.8 Å². The van der Waals surface area contributed by atoms with Gasteiger partial charge in [-0.25, -0.2) is 13.2 Å². The van der Waals surface area contributed by atoms with Gasteiger partial charge < -0.3 is 10.6 Å². The summed E-state index contributed by atoms with van der Waals surface area (Å²) >= 11 is 7.70. The molecule has 3 heterocycles. The number of para-hydroxylation sites is 1. The molecule has 32 heavy (non-hydrogen) atoms. The Morgan fingerprint density at radius 3 is 2.66 bits per heavy atom. The maximum atomic E-state index is 12.6. The van der Waals surface area contributed by atoms with Crippen LogP contribution in [-0.2, 0) is 16.6 Å². The molecule has 3 aromatic rings. The third-order valence-corrected chi connectivity index (χ3v) is 7.60. The number of halogens is 1. The lowest BCUT2D eigenvalue weighted by atomic mass is 9.90. The highest BCUT2D eigenvalue weighted by atomic mass is 35.5. The Labute approximate surface area is 196 Å². The van der Waals surface area contributed by atoms with Gasteiger partial charge in [0, 0.05) is 48.4 Å². The number of rotatable bonds is 6. The summed E-state index contributed by atoms with van der Waals surface area (Å²) in [5.74, 6) is 0.0553. The van der Waals surface area contributed by atoms with Crippen LogP contribution in [0.1, 0.15) is 22.9 Å². The lowest BCUT2D eigenvalue weighted by Gasteiger charge is -2.38. The summed E-state index contributed by atoms with van der Waals surface area (Å²) in [7, 11) is -3.40. The van der Waals surface area contributed by atoms with Crippen LogP contribution in [-0.4, -0.2) is 53.9 Å². The van der Waals surface area contributed by atoms with E-state index >= 15 is 0 Å². The topological polar surface area (TPSA) is 96.3 Å². The van der Waals surface area contributed by atoms with Crippen molar-refractivity contribution in [1.29, 1.82) is 0 Å². The number of carbonyl (C=O) groups excluding carboxylic acids is 1. The van der Waals surface area contributed by atoms with Crippen molar-refractivity contribution in [3.05, 3.63) is 69.6 Å². The zero-order valence-electron chi connectivity index (χ0n) is 17.4. The number of likely N-dealkylation sites (tertiary alicyclic amines) is 1. The molecule has 2 atom stereocenters. The molecule has 2 amide bonds. The van der Waals surface area contributed by atoms with Crippen molar-refractivity contribution in [2.24, 2.45) is 0 Å². The Kier molecular flexibility index (Phi) is 6.85. The highest BCUT2D eigenvalue weighted by molar-refractivity contribution is 7.89. The minimum absolute atomic E-state index is 0.0553. The van der Waals surface area contributed by atoms with Gasteiger partial charge in [-0.2, -0.15) is 9.19 Å². The Morgan fingerprint density at radius 2 is 2.00 bits per heavy atom. The Balaban J connectivity index is 1.45. The summed E-state index contributed by atoms with van der Waals surface area (Å²) in [4.78, 5) is 15.9. The van der Waals surface area contributed by atoms with Crippen LogP contribution in [0.2, 0.25) is 4.34 Å². The van der Waals surface area contributed by atoms with Gasteiger partial charge in [0.2, 0.25) is 0 Å². The summed E-state index contributed by atoms with van der Waals surface area (Å²) < 4.78 is 25.1. The number of thiophene rings is 1. The van der Waals surface area contributed by atoms with Crippen LogP contribution in [0.4, 0.5) is 10.5 Å². The van der Waals surface area contributed by atoms with E-state index in [1.807, 2.05) is 42.5 Å². The zero-order chi connectivity index (χ0) is 22.7. The second-order valence-corrected chi connectivity index (χ2v) is 11.4. The average Bonchev–Trinajstić information content (AvgIpc) is 3.39.